The number of rotatable bonds is 5. The number of hydrogen-bond donors (Lipinski definition) is 2. The molecule has 0 aromatic heterocycles. The van der Waals surface area contributed by atoms with Gasteiger partial charge >= 0.3 is 0 Å². The lowest BCUT2D eigenvalue weighted by molar-refractivity contribution is 0.0290. The van der Waals surface area contributed by atoms with E-state index in [0.29, 0.717) is 17.6 Å². The summed E-state index contributed by atoms with van der Waals surface area (Å²) in [4.78, 5) is 16.4. The number of benzene rings is 2. The van der Waals surface area contributed by atoms with Gasteiger partial charge in [0.1, 0.15) is 0 Å². The normalized spacial score (nSPS) is 21.5. The number of carbonyl (C=O) groups excluding carboxylic acids is 1. The van der Waals surface area contributed by atoms with Gasteiger partial charge in [-0.2, -0.15) is 0 Å². The summed E-state index contributed by atoms with van der Waals surface area (Å²) < 4.78 is 0. The number of piperazine rings is 1. The third-order valence-electron chi connectivity index (χ3n) is 5.11. The van der Waals surface area contributed by atoms with Crippen LogP contribution in [0.25, 0.3) is 0 Å². The second-order valence-electron chi connectivity index (χ2n) is 7.19. The Bertz CT molecular complexity index is 706. The van der Waals surface area contributed by atoms with Crippen molar-refractivity contribution in [3.05, 3.63) is 71.3 Å². The lowest BCUT2D eigenvalue weighted by atomic mass is 10.0. The zero-order valence-corrected chi connectivity index (χ0v) is 15.4. The molecule has 2 aromatic rings. The fourth-order valence-electron chi connectivity index (χ4n) is 3.79. The molecular weight excluding hydrogens is 326 g/mol. The minimum absolute atomic E-state index is 0.464. The van der Waals surface area contributed by atoms with E-state index in [-0.39, 0.29) is 0 Å². The van der Waals surface area contributed by atoms with E-state index < -0.39 is 5.91 Å². The molecule has 1 fully saturated rings. The van der Waals surface area contributed by atoms with E-state index in [0.717, 1.165) is 26.2 Å². The zero-order valence-electron chi connectivity index (χ0n) is 15.4. The summed E-state index contributed by atoms with van der Waals surface area (Å²) in [5.74, 6) is -0.478. The van der Waals surface area contributed by atoms with Gasteiger partial charge in [-0.25, -0.2) is 5.48 Å². The van der Waals surface area contributed by atoms with Crippen LogP contribution in [0.15, 0.2) is 54.6 Å². The maximum absolute atomic E-state index is 11.4. The summed E-state index contributed by atoms with van der Waals surface area (Å²) in [5.41, 5.74) is 4.66. The highest BCUT2D eigenvalue weighted by molar-refractivity contribution is 5.93. The Labute approximate surface area is 155 Å². The van der Waals surface area contributed by atoms with Gasteiger partial charge in [0, 0.05) is 43.8 Å². The van der Waals surface area contributed by atoms with Crippen molar-refractivity contribution < 1.29 is 10.0 Å². The average Bonchev–Trinajstić information content (AvgIpc) is 2.65. The molecule has 1 aliphatic rings. The van der Waals surface area contributed by atoms with Crippen LogP contribution in [0.3, 0.4) is 0 Å². The molecule has 26 heavy (non-hydrogen) atoms. The Hall–Kier alpha value is -2.21. The van der Waals surface area contributed by atoms with Gasteiger partial charge in [-0.05, 0) is 37.1 Å². The first-order valence-corrected chi connectivity index (χ1v) is 9.12. The Morgan fingerprint density at radius 1 is 0.962 bits per heavy atom. The average molecular weight is 353 g/mol. The van der Waals surface area contributed by atoms with Crippen molar-refractivity contribution in [2.45, 2.75) is 39.0 Å². The van der Waals surface area contributed by atoms with Crippen LogP contribution in [0.1, 0.15) is 35.3 Å². The predicted molar refractivity (Wildman–Crippen MR) is 102 cm³/mol. The number of amides is 1. The molecule has 138 valence electrons. The highest BCUT2D eigenvalue weighted by Gasteiger charge is 2.29. The van der Waals surface area contributed by atoms with Crippen LogP contribution in [0.4, 0.5) is 0 Å². The monoisotopic (exact) mass is 353 g/mol. The van der Waals surface area contributed by atoms with E-state index in [2.05, 4.69) is 54.0 Å². The van der Waals surface area contributed by atoms with Gasteiger partial charge in [-0.1, -0.05) is 42.5 Å². The molecule has 0 spiro atoms. The minimum atomic E-state index is -0.478. The summed E-state index contributed by atoms with van der Waals surface area (Å²) in [6.07, 6.45) is 0. The van der Waals surface area contributed by atoms with Crippen molar-refractivity contribution in [2.75, 3.05) is 13.1 Å². The Morgan fingerprint density at radius 2 is 1.54 bits per heavy atom. The Balaban J connectivity index is 1.59. The summed E-state index contributed by atoms with van der Waals surface area (Å²) in [7, 11) is 0. The van der Waals surface area contributed by atoms with Crippen LogP contribution in [0.5, 0.6) is 0 Å². The van der Waals surface area contributed by atoms with Gasteiger partial charge in [0.2, 0.25) is 0 Å². The third kappa shape index (κ3) is 4.49. The van der Waals surface area contributed by atoms with Crippen LogP contribution in [-0.2, 0) is 13.1 Å². The minimum Gasteiger partial charge on any atom is -0.296 e. The van der Waals surface area contributed by atoms with Gasteiger partial charge in [-0.15, -0.1) is 0 Å². The van der Waals surface area contributed by atoms with Gasteiger partial charge < -0.3 is 0 Å². The van der Waals surface area contributed by atoms with Crippen molar-refractivity contribution >= 4 is 5.91 Å². The number of hydrogen-bond acceptors (Lipinski definition) is 4. The van der Waals surface area contributed by atoms with Crippen LogP contribution < -0.4 is 5.48 Å². The Morgan fingerprint density at radius 3 is 2.12 bits per heavy atom. The molecule has 3 rings (SSSR count). The molecule has 1 unspecified atom stereocenters. The molecule has 0 saturated carbocycles. The van der Waals surface area contributed by atoms with Crippen molar-refractivity contribution in [3.63, 3.8) is 0 Å². The first-order valence-electron chi connectivity index (χ1n) is 9.12. The summed E-state index contributed by atoms with van der Waals surface area (Å²) in [6.45, 7) is 8.49. The van der Waals surface area contributed by atoms with E-state index in [9.17, 15) is 4.79 Å². The summed E-state index contributed by atoms with van der Waals surface area (Å²) in [6, 6.07) is 19.0. The molecule has 0 radical (unpaired) electrons. The highest BCUT2D eigenvalue weighted by atomic mass is 16.5. The molecule has 2 aromatic carbocycles. The largest absolute Gasteiger partial charge is 0.296 e. The van der Waals surface area contributed by atoms with E-state index >= 15 is 0 Å². The van der Waals surface area contributed by atoms with Gasteiger partial charge in [0.25, 0.3) is 5.91 Å². The summed E-state index contributed by atoms with van der Waals surface area (Å²) in [5, 5.41) is 8.70. The smallest absolute Gasteiger partial charge is 0.274 e. The topological polar surface area (TPSA) is 55.8 Å². The van der Waals surface area contributed by atoms with E-state index in [1.54, 1.807) is 17.6 Å². The maximum atomic E-state index is 11.4. The number of nitrogens with zero attached hydrogens (tertiary/aromatic N) is 2. The fourth-order valence-corrected chi connectivity index (χ4v) is 3.79. The highest BCUT2D eigenvalue weighted by Crippen LogP contribution is 2.20. The lowest BCUT2D eigenvalue weighted by Gasteiger charge is -2.44. The Kier molecular flexibility index (Phi) is 6.04. The first kappa shape index (κ1) is 18.6. The fraction of sp³-hybridized carbons (Fsp3) is 0.381. The second kappa shape index (κ2) is 8.45. The molecule has 0 aliphatic carbocycles. The van der Waals surface area contributed by atoms with Crippen molar-refractivity contribution in [1.29, 1.82) is 0 Å². The predicted octanol–water partition coefficient (Wildman–Crippen LogP) is 2.90. The van der Waals surface area contributed by atoms with Crippen molar-refractivity contribution in [3.8, 4) is 0 Å². The van der Waals surface area contributed by atoms with Crippen LogP contribution in [-0.4, -0.2) is 46.1 Å². The molecule has 1 heterocycles. The standard InChI is InChI=1S/C21H27N3O2/c1-16-12-23(14-19-8-10-20(11-9-19)21(25)22-26)13-17(2)24(16)15-18-6-4-3-5-7-18/h3-11,16-17,26H,12-15H2,1-2H3,(H,22,25)/t16-,17?/m0/s1. The van der Waals surface area contributed by atoms with Crippen LogP contribution in [0.2, 0.25) is 0 Å². The second-order valence-corrected chi connectivity index (χ2v) is 7.19. The van der Waals surface area contributed by atoms with Crippen LogP contribution >= 0.6 is 0 Å². The number of nitrogens with one attached hydrogen (secondary N) is 1. The molecule has 1 aliphatic heterocycles. The zero-order chi connectivity index (χ0) is 18.5. The molecule has 2 atom stereocenters. The van der Waals surface area contributed by atoms with Crippen molar-refractivity contribution in [1.82, 2.24) is 15.3 Å². The molecule has 5 heteroatoms. The van der Waals surface area contributed by atoms with Gasteiger partial charge in [0.05, 0.1) is 0 Å². The first-order chi connectivity index (χ1) is 12.6. The molecule has 0 bridgehead atoms. The van der Waals surface area contributed by atoms with Crippen molar-refractivity contribution in [2.24, 2.45) is 0 Å². The van der Waals surface area contributed by atoms with E-state index in [1.807, 2.05) is 12.1 Å². The van der Waals surface area contributed by atoms with Gasteiger partial charge in [-0.3, -0.25) is 19.8 Å². The van der Waals surface area contributed by atoms with Gasteiger partial charge in [0.15, 0.2) is 0 Å². The maximum Gasteiger partial charge on any atom is 0.274 e. The molecule has 2 N–H and O–H groups in total. The third-order valence-corrected chi connectivity index (χ3v) is 5.11. The van der Waals surface area contributed by atoms with E-state index in [1.165, 1.54) is 11.1 Å². The quantitative estimate of drug-likeness (QED) is 0.641. The SMILES string of the molecule is CC1CN(Cc2ccc(C(=O)NO)cc2)C[C@H](C)N1Cc1ccccc1. The number of hydroxylamine groups is 1. The molecule has 5 nitrogen and oxygen atoms in total. The lowest BCUT2D eigenvalue weighted by Crippen LogP contribution is -2.55. The molecule has 1 amide bonds. The van der Waals surface area contributed by atoms with Crippen LogP contribution in [0, 0.1) is 0 Å². The summed E-state index contributed by atoms with van der Waals surface area (Å²) >= 11 is 0. The molecule has 1 saturated heterocycles. The molecular formula is C21H27N3O2. The number of carbonyl (C=O) groups is 1. The van der Waals surface area contributed by atoms with E-state index in [4.69, 9.17) is 5.21 Å².